The number of benzene rings is 6. The summed E-state index contributed by atoms with van der Waals surface area (Å²) < 4.78 is 5.15. The Bertz CT molecular complexity index is 2920. The van der Waals surface area contributed by atoms with Gasteiger partial charge < -0.3 is 9.13 Å². The third-order valence-corrected chi connectivity index (χ3v) is 10.9. The van der Waals surface area contributed by atoms with Gasteiger partial charge in [-0.15, -0.1) is 0 Å². The van der Waals surface area contributed by atoms with Crippen molar-refractivity contribution in [3.63, 3.8) is 0 Å². The maximum atomic E-state index is 5.49. The van der Waals surface area contributed by atoms with Crippen molar-refractivity contribution < 1.29 is 0 Å². The molecule has 2 aliphatic heterocycles. The van der Waals surface area contributed by atoms with Gasteiger partial charge in [0.1, 0.15) is 0 Å². The number of hydrogen-bond donors (Lipinski definition) is 0. The molecule has 216 valence electrons. The lowest BCUT2D eigenvalue weighted by Crippen LogP contribution is -2.59. The first-order valence-electron chi connectivity index (χ1n) is 16.3. The molecule has 0 radical (unpaired) electrons. The minimum absolute atomic E-state index is 0.101. The predicted octanol–water partition coefficient (Wildman–Crippen LogP) is 8.27. The summed E-state index contributed by atoms with van der Waals surface area (Å²) in [6.07, 6.45) is 0. The van der Waals surface area contributed by atoms with E-state index in [9.17, 15) is 0 Å². The van der Waals surface area contributed by atoms with Crippen molar-refractivity contribution in [2.45, 2.75) is 34.6 Å². The molecule has 0 N–H and O–H groups in total. The van der Waals surface area contributed by atoms with Gasteiger partial charge in [-0.05, 0) is 98.9 Å². The Morgan fingerprint density at radius 3 is 1.72 bits per heavy atom. The lowest BCUT2D eigenvalue weighted by molar-refractivity contribution is 1.14. The van der Waals surface area contributed by atoms with Crippen LogP contribution in [0.2, 0.25) is 0 Å². The van der Waals surface area contributed by atoms with E-state index in [0.717, 1.165) is 11.2 Å². The minimum atomic E-state index is 0.101. The number of fused-ring (bicyclic) bond motifs is 14. The van der Waals surface area contributed by atoms with Crippen LogP contribution in [-0.4, -0.2) is 20.8 Å². The van der Waals surface area contributed by atoms with E-state index >= 15 is 0 Å². The molecule has 0 saturated carbocycles. The van der Waals surface area contributed by atoms with Crippen LogP contribution in [0.5, 0.6) is 0 Å². The van der Waals surface area contributed by atoms with Crippen molar-refractivity contribution in [3.8, 4) is 11.4 Å². The van der Waals surface area contributed by atoms with Crippen LogP contribution in [-0.2, 0) is 0 Å². The van der Waals surface area contributed by atoms with Crippen molar-refractivity contribution in [1.29, 1.82) is 0 Å². The van der Waals surface area contributed by atoms with Crippen molar-refractivity contribution in [1.82, 2.24) is 14.1 Å². The molecule has 5 heterocycles. The molecule has 6 aromatic carbocycles. The summed E-state index contributed by atoms with van der Waals surface area (Å²) in [6, 6.07) is 34.9. The van der Waals surface area contributed by atoms with Gasteiger partial charge in [-0.1, -0.05) is 70.8 Å². The maximum absolute atomic E-state index is 5.49. The Labute approximate surface area is 266 Å². The van der Waals surface area contributed by atoms with Crippen LogP contribution in [0.3, 0.4) is 0 Å². The van der Waals surface area contributed by atoms with E-state index in [1.54, 1.807) is 0 Å². The fourth-order valence-corrected chi connectivity index (χ4v) is 9.22. The lowest BCUT2D eigenvalue weighted by atomic mass is 9.34. The fraction of sp³-hybridized carbons (Fsp3) is 0.119. The van der Waals surface area contributed by atoms with Crippen LogP contribution < -0.4 is 16.4 Å². The first kappa shape index (κ1) is 24.9. The Morgan fingerprint density at radius 1 is 0.500 bits per heavy atom. The summed E-state index contributed by atoms with van der Waals surface area (Å²) in [5.74, 6) is 0. The molecule has 46 heavy (non-hydrogen) atoms. The highest BCUT2D eigenvalue weighted by molar-refractivity contribution is 7.00. The zero-order valence-electron chi connectivity index (χ0n) is 26.6. The van der Waals surface area contributed by atoms with Gasteiger partial charge in [-0.3, -0.25) is 4.98 Å². The van der Waals surface area contributed by atoms with Crippen LogP contribution in [0.25, 0.3) is 76.7 Å². The maximum Gasteiger partial charge on any atom is 0.252 e. The first-order chi connectivity index (χ1) is 22.4. The van der Waals surface area contributed by atoms with Crippen LogP contribution in [0, 0.1) is 34.6 Å². The summed E-state index contributed by atoms with van der Waals surface area (Å²) >= 11 is 0. The molecule has 0 atom stereocenters. The summed E-state index contributed by atoms with van der Waals surface area (Å²) in [6.45, 7) is 11.2. The fourth-order valence-electron chi connectivity index (χ4n) is 9.22. The number of rotatable bonds is 0. The number of aryl methyl sites for hydroxylation is 5. The molecule has 0 aliphatic carbocycles. The van der Waals surface area contributed by atoms with Crippen LogP contribution in [0.4, 0.5) is 0 Å². The predicted molar refractivity (Wildman–Crippen MR) is 196 cm³/mol. The number of aromatic nitrogens is 3. The summed E-state index contributed by atoms with van der Waals surface area (Å²) in [7, 11) is 0. The normalized spacial score (nSPS) is 13.3. The van der Waals surface area contributed by atoms with Gasteiger partial charge in [0.05, 0.1) is 22.2 Å². The molecule has 11 rings (SSSR count). The van der Waals surface area contributed by atoms with Gasteiger partial charge in [0.25, 0.3) is 6.71 Å². The molecule has 4 heteroatoms. The third-order valence-electron chi connectivity index (χ3n) is 10.9. The topological polar surface area (TPSA) is 22.8 Å². The molecule has 3 aromatic heterocycles. The first-order valence-corrected chi connectivity index (χ1v) is 16.3. The number of nitrogens with zero attached hydrogens (tertiary/aromatic N) is 3. The van der Waals surface area contributed by atoms with E-state index in [-0.39, 0.29) is 6.71 Å². The zero-order chi connectivity index (χ0) is 30.7. The van der Waals surface area contributed by atoms with E-state index in [1.807, 2.05) is 0 Å². The lowest BCUT2D eigenvalue weighted by Gasteiger charge is -2.34. The SMILES string of the molecule is Cc1ccc2c(c1)c1cc(C)cc3c1n2-c1cc2c(nc(C)c4ccccc42)c2c1B3c1cc(C)cc3c4cc(C)ccc4n-2c13. The Hall–Kier alpha value is -5.35. The van der Waals surface area contributed by atoms with Crippen molar-refractivity contribution in [3.05, 3.63) is 119 Å². The van der Waals surface area contributed by atoms with Crippen LogP contribution in [0.1, 0.15) is 27.9 Å². The van der Waals surface area contributed by atoms with Crippen molar-refractivity contribution in [2.75, 3.05) is 0 Å². The quantitative estimate of drug-likeness (QED) is 0.129. The Kier molecular flexibility index (Phi) is 4.37. The summed E-state index contributed by atoms with van der Waals surface area (Å²) in [5.41, 5.74) is 19.2. The Morgan fingerprint density at radius 2 is 1.07 bits per heavy atom. The molecule has 2 aliphatic rings. The van der Waals surface area contributed by atoms with E-state index in [1.165, 1.54) is 110 Å². The molecular weight excluding hydrogens is 557 g/mol. The van der Waals surface area contributed by atoms with E-state index in [4.69, 9.17) is 4.98 Å². The second-order valence-electron chi connectivity index (χ2n) is 13.9. The molecule has 0 bridgehead atoms. The zero-order valence-corrected chi connectivity index (χ0v) is 26.6. The molecule has 9 aromatic rings. The van der Waals surface area contributed by atoms with Gasteiger partial charge in [0.15, 0.2) is 0 Å². The van der Waals surface area contributed by atoms with Gasteiger partial charge in [0, 0.05) is 54.7 Å². The molecule has 0 fully saturated rings. The molecule has 0 spiro atoms. The Balaban J connectivity index is 1.49. The largest absolute Gasteiger partial charge is 0.310 e. The summed E-state index contributed by atoms with van der Waals surface area (Å²) in [4.78, 5) is 5.49. The number of pyridine rings is 1. The molecule has 0 unspecified atom stereocenters. The smallest absolute Gasteiger partial charge is 0.252 e. The van der Waals surface area contributed by atoms with E-state index < -0.39 is 0 Å². The molecule has 0 amide bonds. The monoisotopic (exact) mass is 587 g/mol. The van der Waals surface area contributed by atoms with Crippen molar-refractivity contribution >= 4 is 88.4 Å². The summed E-state index contributed by atoms with van der Waals surface area (Å²) in [5, 5.41) is 9.01. The average molecular weight is 588 g/mol. The highest BCUT2D eigenvalue weighted by Gasteiger charge is 2.42. The third kappa shape index (κ3) is 2.81. The average Bonchev–Trinajstić information content (AvgIpc) is 3.53. The van der Waals surface area contributed by atoms with Crippen LogP contribution in [0.15, 0.2) is 91.0 Å². The van der Waals surface area contributed by atoms with Gasteiger partial charge in [-0.25, -0.2) is 0 Å². The highest BCUT2D eigenvalue weighted by Crippen LogP contribution is 2.43. The molecular formula is C42H30BN3. The van der Waals surface area contributed by atoms with E-state index in [0.29, 0.717) is 0 Å². The second-order valence-corrected chi connectivity index (χ2v) is 13.9. The highest BCUT2D eigenvalue weighted by atomic mass is 15.0. The van der Waals surface area contributed by atoms with Crippen LogP contribution >= 0.6 is 0 Å². The van der Waals surface area contributed by atoms with Crippen molar-refractivity contribution in [2.24, 2.45) is 0 Å². The minimum Gasteiger partial charge on any atom is -0.310 e. The number of hydrogen-bond acceptors (Lipinski definition) is 1. The van der Waals surface area contributed by atoms with Gasteiger partial charge in [0.2, 0.25) is 0 Å². The molecule has 3 nitrogen and oxygen atoms in total. The standard InChI is InChI=1S/C42H30BN3/c1-21-10-12-35-28(14-21)31-16-23(3)18-33-40(31)45(35)37-20-30-27-9-7-6-8-26(27)25(5)44-39(30)42-38(37)43(33)34-19-24(4)17-32-29-15-22(2)11-13-36(29)46(42)41(32)34/h6-20H,1-5H3. The molecule has 0 saturated heterocycles. The van der Waals surface area contributed by atoms with Gasteiger partial charge >= 0.3 is 0 Å². The second kappa shape index (κ2) is 8.08. The van der Waals surface area contributed by atoms with E-state index in [2.05, 4.69) is 135 Å². The van der Waals surface area contributed by atoms with Gasteiger partial charge in [-0.2, -0.15) is 0 Å².